The number of aromatic nitrogens is 1. The lowest BCUT2D eigenvalue weighted by Crippen LogP contribution is -2.57. The van der Waals surface area contributed by atoms with Gasteiger partial charge in [-0.2, -0.15) is 0 Å². The van der Waals surface area contributed by atoms with Gasteiger partial charge < -0.3 is 40.2 Å². The first-order valence-electron chi connectivity index (χ1n) is 18.0. The number of halogens is 1. The fraction of sp³-hybridized carbons (Fsp3) is 0.667. The van der Waals surface area contributed by atoms with Crippen LogP contribution >= 0.6 is 11.6 Å². The molecule has 4 N–H and O–H groups in total. The topological polar surface area (TPSA) is 158 Å². The van der Waals surface area contributed by atoms with E-state index in [0.29, 0.717) is 57.7 Å². The summed E-state index contributed by atoms with van der Waals surface area (Å²) in [5, 5.41) is 7.32. The van der Waals surface area contributed by atoms with Gasteiger partial charge in [0.2, 0.25) is 11.8 Å². The van der Waals surface area contributed by atoms with Crippen LogP contribution in [0.15, 0.2) is 18.2 Å². The lowest BCUT2D eigenvalue weighted by molar-refractivity contribution is -0.141. The van der Waals surface area contributed by atoms with Gasteiger partial charge >= 0.3 is 6.09 Å². The van der Waals surface area contributed by atoms with Crippen molar-refractivity contribution in [3.05, 3.63) is 23.2 Å². The monoisotopic (exact) mass is 712 g/mol. The molecule has 0 unspecified atom stereocenters. The van der Waals surface area contributed by atoms with Crippen molar-refractivity contribution < 1.29 is 33.3 Å². The molecule has 7 rings (SSSR count). The summed E-state index contributed by atoms with van der Waals surface area (Å²) in [6.45, 7) is 10.1. The third kappa shape index (κ3) is 8.00. The van der Waals surface area contributed by atoms with Crippen LogP contribution in [0.2, 0.25) is 5.02 Å². The number of nitrogens with two attached hydrogens (primary N) is 1. The standard InChI is InChI=1S/C36H49ClN6O7/c1-36(2,3)32(41-35(46)50-23-15-20-14-21(20)16-23)34(45)43-19-24(17-26(43)33(38)44)49-28-18-29(39-22-4-5-22)40-31-25(28)6-7-27(30(31)37)48-13-10-42-8-11-47-12-9-42/h6-7,18,20-24,26,32H,4-5,8-17,19H2,1-3H3,(H2,38,44)(H,39,40)(H,41,46)/t20-,21+,23+,24-,26+,32-/m1/s1. The van der Waals surface area contributed by atoms with E-state index in [2.05, 4.69) is 15.5 Å². The molecule has 2 aromatic rings. The molecule has 1 aromatic heterocycles. The second-order valence-electron chi connectivity index (χ2n) is 15.6. The van der Waals surface area contributed by atoms with Gasteiger partial charge in [0, 0.05) is 43.5 Å². The van der Waals surface area contributed by atoms with Crippen LogP contribution in [0.4, 0.5) is 10.6 Å². The van der Waals surface area contributed by atoms with Crippen molar-refractivity contribution in [3.63, 3.8) is 0 Å². The number of fused-ring (bicyclic) bond motifs is 2. The number of carbonyl (C=O) groups excluding carboxylic acids is 3. The summed E-state index contributed by atoms with van der Waals surface area (Å²) in [5.41, 5.74) is 5.72. The van der Waals surface area contributed by atoms with Crippen molar-refractivity contribution in [1.29, 1.82) is 0 Å². The van der Waals surface area contributed by atoms with E-state index in [4.69, 9.17) is 41.3 Å². The van der Waals surface area contributed by atoms with Crippen LogP contribution in [0.1, 0.15) is 59.3 Å². The molecule has 6 atom stereocenters. The van der Waals surface area contributed by atoms with Gasteiger partial charge in [-0.1, -0.05) is 32.4 Å². The van der Waals surface area contributed by atoms with E-state index in [0.717, 1.165) is 58.5 Å². The lowest BCUT2D eigenvalue weighted by atomic mass is 9.85. The van der Waals surface area contributed by atoms with Crippen LogP contribution < -0.4 is 25.8 Å². The Morgan fingerprint density at radius 3 is 2.48 bits per heavy atom. The number of carbonyl (C=O) groups is 3. The van der Waals surface area contributed by atoms with Gasteiger partial charge in [0.15, 0.2) is 0 Å². The molecule has 3 saturated carbocycles. The highest BCUT2D eigenvalue weighted by molar-refractivity contribution is 6.36. The first-order chi connectivity index (χ1) is 23.9. The van der Waals surface area contributed by atoms with Crippen LogP contribution in [0.5, 0.6) is 11.5 Å². The van der Waals surface area contributed by atoms with E-state index < -0.39 is 41.5 Å². The summed E-state index contributed by atoms with van der Waals surface area (Å²) in [6.07, 6.45) is 3.94. The Morgan fingerprint density at radius 1 is 1.06 bits per heavy atom. The number of ether oxygens (including phenoxy) is 4. The Balaban J connectivity index is 1.07. The number of likely N-dealkylation sites (tertiary alicyclic amines) is 1. The number of nitrogens with zero attached hydrogens (tertiary/aromatic N) is 3. The van der Waals surface area contributed by atoms with E-state index in [1.54, 1.807) is 0 Å². The quantitative estimate of drug-likeness (QED) is 0.295. The Bertz CT molecular complexity index is 1600. The molecule has 13 nitrogen and oxygen atoms in total. The highest BCUT2D eigenvalue weighted by Crippen LogP contribution is 2.52. The first-order valence-corrected chi connectivity index (χ1v) is 18.4. The number of hydrogen-bond acceptors (Lipinski definition) is 10. The van der Waals surface area contributed by atoms with Gasteiger partial charge in [-0.3, -0.25) is 14.5 Å². The van der Waals surface area contributed by atoms with Crippen LogP contribution in [-0.4, -0.2) is 109 Å². The number of benzene rings is 1. The Labute approximate surface area is 297 Å². The highest BCUT2D eigenvalue weighted by Gasteiger charge is 2.48. The number of amides is 3. The maximum atomic E-state index is 14.1. The number of primary amides is 1. The fourth-order valence-electron chi connectivity index (χ4n) is 7.49. The van der Waals surface area contributed by atoms with Gasteiger partial charge in [-0.05, 0) is 61.5 Å². The maximum absolute atomic E-state index is 14.1. The largest absolute Gasteiger partial charge is 0.491 e. The summed E-state index contributed by atoms with van der Waals surface area (Å²) in [5.74, 6) is 1.94. The molecule has 3 amide bonds. The van der Waals surface area contributed by atoms with Crippen LogP contribution in [-0.2, 0) is 19.1 Å². The summed E-state index contributed by atoms with van der Waals surface area (Å²) >= 11 is 6.92. The molecule has 3 heterocycles. The molecule has 0 bridgehead atoms. The van der Waals surface area contributed by atoms with Gasteiger partial charge in [-0.15, -0.1) is 0 Å². The smallest absolute Gasteiger partial charge is 0.408 e. The normalized spacial score (nSPS) is 27.0. The molecule has 50 heavy (non-hydrogen) atoms. The van der Waals surface area contributed by atoms with E-state index in [1.807, 2.05) is 39.0 Å². The average Bonchev–Trinajstić information content (AvgIpc) is 3.95. The molecular weight excluding hydrogens is 664 g/mol. The van der Waals surface area contributed by atoms with E-state index in [1.165, 1.54) is 11.3 Å². The summed E-state index contributed by atoms with van der Waals surface area (Å²) < 4.78 is 23.8. The lowest BCUT2D eigenvalue weighted by Gasteiger charge is -2.35. The van der Waals surface area contributed by atoms with E-state index in [9.17, 15) is 14.4 Å². The minimum atomic E-state index is -0.942. The maximum Gasteiger partial charge on any atom is 0.408 e. The van der Waals surface area contributed by atoms with Crippen LogP contribution in [0, 0.1) is 17.3 Å². The third-order valence-corrected chi connectivity index (χ3v) is 10.9. The van der Waals surface area contributed by atoms with Crippen molar-refractivity contribution in [1.82, 2.24) is 20.1 Å². The van der Waals surface area contributed by atoms with Gasteiger partial charge in [0.1, 0.15) is 53.2 Å². The number of alkyl carbamates (subject to hydrolysis) is 1. The van der Waals surface area contributed by atoms with E-state index in [-0.39, 0.29) is 19.1 Å². The van der Waals surface area contributed by atoms with Crippen molar-refractivity contribution in [2.75, 3.05) is 51.3 Å². The molecule has 272 valence electrons. The zero-order chi connectivity index (χ0) is 35.2. The van der Waals surface area contributed by atoms with Gasteiger partial charge in [0.05, 0.1) is 25.3 Å². The second kappa shape index (κ2) is 14.2. The highest BCUT2D eigenvalue weighted by atomic mass is 35.5. The van der Waals surface area contributed by atoms with E-state index >= 15 is 0 Å². The minimum absolute atomic E-state index is 0.105. The summed E-state index contributed by atoms with van der Waals surface area (Å²) in [4.78, 5) is 48.4. The summed E-state index contributed by atoms with van der Waals surface area (Å²) in [7, 11) is 0. The molecule has 1 aromatic carbocycles. The Kier molecular flexibility index (Phi) is 9.92. The molecule has 5 aliphatic rings. The number of hydrogen-bond donors (Lipinski definition) is 3. The fourth-order valence-corrected chi connectivity index (χ4v) is 7.75. The first kappa shape index (κ1) is 34.9. The zero-order valence-corrected chi connectivity index (χ0v) is 29.9. The predicted molar refractivity (Wildman–Crippen MR) is 187 cm³/mol. The molecule has 2 saturated heterocycles. The van der Waals surface area contributed by atoms with Gasteiger partial charge in [-0.25, -0.2) is 9.78 Å². The summed E-state index contributed by atoms with van der Waals surface area (Å²) in [6, 6.07) is 3.99. The van der Waals surface area contributed by atoms with Crippen molar-refractivity contribution >= 4 is 46.2 Å². The number of morpholine rings is 1. The SMILES string of the molecule is CC(C)(C)[C@H](NC(=O)O[C@@H]1C[C@@H]2C[C@@H]2C1)C(=O)N1C[C@H](Oc2cc(NC3CC3)nc3c(Cl)c(OCCN4CCOCC4)ccc23)C[C@H]1C(N)=O. The molecule has 0 radical (unpaired) electrons. The van der Waals surface area contributed by atoms with Crippen LogP contribution in [0.25, 0.3) is 10.9 Å². The number of rotatable bonds is 12. The molecule has 5 fully saturated rings. The van der Waals surface area contributed by atoms with Crippen molar-refractivity contribution in [2.24, 2.45) is 23.0 Å². The second-order valence-corrected chi connectivity index (χ2v) is 16.0. The predicted octanol–water partition coefficient (Wildman–Crippen LogP) is 3.95. The van der Waals surface area contributed by atoms with Crippen molar-refractivity contribution in [2.45, 2.75) is 89.6 Å². The van der Waals surface area contributed by atoms with Crippen LogP contribution in [0.3, 0.4) is 0 Å². The zero-order valence-electron chi connectivity index (χ0n) is 29.1. The van der Waals surface area contributed by atoms with Gasteiger partial charge in [0.25, 0.3) is 0 Å². The molecule has 3 aliphatic carbocycles. The number of pyridine rings is 1. The average molecular weight is 713 g/mol. The Hall–Kier alpha value is -3.55. The number of nitrogens with one attached hydrogen (secondary N) is 2. The third-order valence-electron chi connectivity index (χ3n) is 10.6. The van der Waals surface area contributed by atoms with Crippen molar-refractivity contribution in [3.8, 4) is 11.5 Å². The minimum Gasteiger partial charge on any atom is -0.491 e. The molecule has 2 aliphatic heterocycles. The number of anilines is 1. The Morgan fingerprint density at radius 2 is 1.80 bits per heavy atom. The molecule has 0 spiro atoms. The molecular formula is C36H49ClN6O7. The molecule has 14 heteroatoms.